The number of phenols is 1. The van der Waals surface area contributed by atoms with Crippen LogP contribution in [0.3, 0.4) is 0 Å². The molecule has 5 aromatic rings. The van der Waals surface area contributed by atoms with Crippen LogP contribution in [0.4, 0.5) is 0 Å². The number of carbonyl (C=O) groups excluding carboxylic acids is 9. The van der Waals surface area contributed by atoms with E-state index < -0.39 is 108 Å². The number of thiol groups is 2. The molecule has 0 bridgehead atoms. The second-order valence-corrected chi connectivity index (χ2v) is 20.6. The monoisotopic (exact) mass is 1230 g/mol. The van der Waals surface area contributed by atoms with E-state index in [9.17, 15) is 48.3 Å². The largest absolute Gasteiger partial charge is 0.508 e. The van der Waals surface area contributed by atoms with E-state index in [4.69, 9.17) is 34.4 Å². The lowest BCUT2D eigenvalue weighted by Gasteiger charge is -2.27. The van der Waals surface area contributed by atoms with Gasteiger partial charge in [-0.1, -0.05) is 60.7 Å². The molecule has 0 fully saturated rings. The second-order valence-electron chi connectivity index (χ2n) is 19.9. The number of aromatic nitrogens is 3. The number of amides is 9. The number of nitrogens with zero attached hydrogens (tertiary/aromatic N) is 3. The fourth-order valence-corrected chi connectivity index (χ4v) is 9.24. The van der Waals surface area contributed by atoms with Crippen LogP contribution in [0, 0.1) is 0 Å². The van der Waals surface area contributed by atoms with Crippen LogP contribution in [-0.4, -0.2) is 165 Å². The first kappa shape index (κ1) is 67.4. The van der Waals surface area contributed by atoms with Crippen LogP contribution in [-0.2, 0) is 68.8 Å². The zero-order chi connectivity index (χ0) is 62.7. The van der Waals surface area contributed by atoms with Crippen molar-refractivity contribution in [3.05, 3.63) is 120 Å². The van der Waals surface area contributed by atoms with Crippen LogP contribution in [0.5, 0.6) is 5.75 Å². The molecule has 0 radical (unpaired) electrons. The van der Waals surface area contributed by atoms with Gasteiger partial charge in [0, 0.05) is 72.8 Å². The Bertz CT molecular complexity index is 3140. The Morgan fingerprint density at radius 3 is 1.59 bits per heavy atom. The minimum atomic E-state index is -1.43. The highest BCUT2D eigenvalue weighted by Gasteiger charge is 2.34. The summed E-state index contributed by atoms with van der Waals surface area (Å²) in [5.74, 6) is -8.20. The van der Waals surface area contributed by atoms with Crippen molar-refractivity contribution in [3.8, 4) is 5.75 Å². The highest BCUT2D eigenvalue weighted by molar-refractivity contribution is 7.80. The van der Waals surface area contributed by atoms with Crippen molar-refractivity contribution < 1.29 is 48.3 Å². The van der Waals surface area contributed by atoms with Gasteiger partial charge in [-0.25, -0.2) is 4.98 Å². The molecule has 3 aromatic carbocycles. The van der Waals surface area contributed by atoms with Gasteiger partial charge < -0.3 is 92.0 Å². The number of H-pyrrole nitrogens is 2. The summed E-state index contributed by atoms with van der Waals surface area (Å²) in [5, 5.41) is 31.3. The van der Waals surface area contributed by atoms with Gasteiger partial charge in [0.05, 0.1) is 18.9 Å². The quantitative estimate of drug-likeness (QED) is 0.00800. The summed E-state index contributed by atoms with van der Waals surface area (Å²) in [6.45, 7) is -0.582. The molecule has 0 saturated carbocycles. The number of phenolic OH excluding ortho intramolecular Hbond substituents is 1. The lowest BCUT2D eigenvalue weighted by Crippen LogP contribution is -2.60. The average molecular weight is 1230 g/mol. The minimum Gasteiger partial charge on any atom is -0.508 e. The van der Waals surface area contributed by atoms with Gasteiger partial charge in [0.1, 0.15) is 48.0 Å². The van der Waals surface area contributed by atoms with Gasteiger partial charge >= 0.3 is 0 Å². The van der Waals surface area contributed by atoms with Crippen molar-refractivity contribution in [1.29, 1.82) is 0 Å². The molecule has 462 valence electrons. The maximum absolute atomic E-state index is 14.7. The van der Waals surface area contributed by atoms with Crippen LogP contribution in [0.25, 0.3) is 10.9 Å². The molecule has 2 heterocycles. The zero-order valence-corrected chi connectivity index (χ0v) is 48.7. The van der Waals surface area contributed by atoms with Gasteiger partial charge in [0.25, 0.3) is 0 Å². The molecule has 86 heavy (non-hydrogen) atoms. The summed E-state index contributed by atoms with van der Waals surface area (Å²) in [6, 6.07) is 11.4. The average Bonchev–Trinajstić information content (AvgIpc) is 3.09. The first-order valence-electron chi connectivity index (χ1n) is 27.2. The number of para-hydroxylation sites is 1. The fourth-order valence-electron chi connectivity index (χ4n) is 8.71. The number of nitrogens with two attached hydrogens (primary N) is 6. The van der Waals surface area contributed by atoms with E-state index in [0.717, 1.165) is 10.9 Å². The van der Waals surface area contributed by atoms with Crippen molar-refractivity contribution in [2.24, 2.45) is 44.4 Å². The molecule has 0 spiro atoms. The van der Waals surface area contributed by atoms with Gasteiger partial charge in [-0.15, -0.1) is 0 Å². The lowest BCUT2D eigenvalue weighted by atomic mass is 10.0. The van der Waals surface area contributed by atoms with E-state index >= 15 is 0 Å². The summed E-state index contributed by atoms with van der Waals surface area (Å²) < 4.78 is 0. The van der Waals surface area contributed by atoms with Crippen LogP contribution in [0.1, 0.15) is 48.1 Å². The third-order valence-electron chi connectivity index (χ3n) is 13.2. The Morgan fingerprint density at radius 2 is 1.03 bits per heavy atom. The predicted molar refractivity (Wildman–Crippen MR) is 327 cm³/mol. The number of rotatable bonds is 35. The van der Waals surface area contributed by atoms with Crippen LogP contribution >= 0.6 is 25.3 Å². The number of fused-ring (bicyclic) bond motifs is 1. The molecule has 0 saturated heterocycles. The number of primary amides is 1. The molecular formula is C55H75N19O10S2. The molecule has 8 atom stereocenters. The Hall–Kier alpha value is -9.36. The Morgan fingerprint density at radius 1 is 0.535 bits per heavy atom. The molecule has 0 aliphatic heterocycles. The summed E-state index contributed by atoms with van der Waals surface area (Å²) in [4.78, 5) is 142. The third kappa shape index (κ3) is 22.3. The van der Waals surface area contributed by atoms with Gasteiger partial charge in [-0.05, 0) is 67.0 Å². The number of nitrogens with one attached hydrogen (secondary N) is 10. The van der Waals surface area contributed by atoms with Crippen molar-refractivity contribution in [2.75, 3.05) is 31.1 Å². The highest BCUT2D eigenvalue weighted by Crippen LogP contribution is 2.20. The van der Waals surface area contributed by atoms with Crippen molar-refractivity contribution >= 4 is 101 Å². The first-order valence-corrected chi connectivity index (χ1v) is 28.5. The molecule has 9 amide bonds. The SMILES string of the molecule is NC(=O)[C@H](CS)NC(=O)[C@H](Cc1c[nH]c2ccccc12)NC(=O)[C@H](CCCN=C(N)N)NC(=O)[C@@H](Cc1ccccc1)NC(=O)[C@H](Cc1cnc[nH]1)NC(=O)CNC(=O)[C@H](CS)NC(=O)[C@H](CCCN=C(N)N)NC(=O)[C@@H](N)Cc1ccc(O)cc1. The van der Waals surface area contributed by atoms with E-state index in [-0.39, 0.29) is 93.6 Å². The van der Waals surface area contributed by atoms with Crippen LogP contribution in [0.15, 0.2) is 108 Å². The van der Waals surface area contributed by atoms with Crippen molar-refractivity contribution in [3.63, 3.8) is 0 Å². The standard InChI is InChI=1S/C55H75N19O10S2/c56-36(20-31-14-16-34(75)17-15-31)47(78)69-38(12-6-18-63-54(58)59)50(81)74-44(28-86)48(79)66-26-45(76)68-42(23-33-25-62-29-67-33)53(84)71-40(21-30-8-2-1-3-9-30)51(82)70-39(13-7-19-64-55(60)61)49(80)72-41(52(83)73-43(27-85)46(57)77)22-32-24-65-37-11-5-4-10-35(32)37/h1-5,8-11,14-17,24-25,29,36,38-44,65,75,85-86H,6-7,12-13,18-23,26-28,56H2,(H2,57,77)(H,62,67)(H,66,79)(H,68,76)(H,69,78)(H,70,82)(H,71,84)(H,72,80)(H,73,83)(H,74,81)(H4,58,59,63)(H4,60,61,64)/t36-,38-,39-,40+,41-,42-,43-,44-/m0/s1. The molecule has 2 aromatic heterocycles. The summed E-state index contributed by atoms with van der Waals surface area (Å²) >= 11 is 8.40. The van der Waals surface area contributed by atoms with E-state index in [1.165, 1.54) is 24.7 Å². The molecule has 0 aliphatic carbocycles. The molecule has 0 unspecified atom stereocenters. The molecule has 5 rings (SSSR count). The fraction of sp³-hybridized carbons (Fsp3) is 0.382. The second kappa shape index (κ2) is 34.4. The first-order chi connectivity index (χ1) is 41.1. The molecule has 23 N–H and O–H groups in total. The van der Waals surface area contributed by atoms with Crippen molar-refractivity contribution in [1.82, 2.24) is 57.5 Å². The van der Waals surface area contributed by atoms with E-state index in [2.05, 4.69) is 92.7 Å². The zero-order valence-electron chi connectivity index (χ0n) is 46.9. The molecular weight excluding hydrogens is 1150 g/mol. The minimum absolute atomic E-state index is 0.0137. The van der Waals surface area contributed by atoms with Gasteiger partial charge in [-0.3, -0.25) is 53.1 Å². The van der Waals surface area contributed by atoms with Crippen LogP contribution < -0.4 is 76.9 Å². The number of aromatic amines is 2. The number of aliphatic imine (C=N–C) groups is 2. The number of imidazole rings is 1. The maximum atomic E-state index is 14.7. The topological polar surface area (TPSA) is 495 Å². The molecule has 29 nitrogen and oxygen atoms in total. The summed E-state index contributed by atoms with van der Waals surface area (Å²) in [7, 11) is 0. The number of benzene rings is 3. The Labute approximate surface area is 505 Å². The van der Waals surface area contributed by atoms with Gasteiger partial charge in [0.15, 0.2) is 11.9 Å². The normalized spacial score (nSPS) is 13.8. The van der Waals surface area contributed by atoms with E-state index in [0.29, 0.717) is 22.4 Å². The van der Waals surface area contributed by atoms with Gasteiger partial charge in [-0.2, -0.15) is 25.3 Å². The molecule has 0 aliphatic rings. The number of carbonyl (C=O) groups is 9. The van der Waals surface area contributed by atoms with Gasteiger partial charge in [0.2, 0.25) is 53.2 Å². The maximum Gasteiger partial charge on any atom is 0.243 e. The lowest BCUT2D eigenvalue weighted by molar-refractivity contribution is -0.135. The number of aromatic hydroxyl groups is 1. The summed E-state index contributed by atoms with van der Waals surface area (Å²) in [5.41, 5.74) is 36.8. The smallest absolute Gasteiger partial charge is 0.243 e. The number of guanidine groups is 2. The van der Waals surface area contributed by atoms with Crippen molar-refractivity contribution in [2.45, 2.75) is 99.7 Å². The summed E-state index contributed by atoms with van der Waals surface area (Å²) in [6.07, 6.45) is 4.39. The Balaban J connectivity index is 1.32. The Kier molecular flexibility index (Phi) is 27.0. The predicted octanol–water partition coefficient (Wildman–Crippen LogP) is -3.84. The number of hydrogen-bond acceptors (Lipinski definition) is 16. The third-order valence-corrected chi connectivity index (χ3v) is 14.0. The van der Waals surface area contributed by atoms with E-state index in [1.54, 1.807) is 54.7 Å². The highest BCUT2D eigenvalue weighted by atomic mass is 32.1. The van der Waals surface area contributed by atoms with Crippen LogP contribution in [0.2, 0.25) is 0 Å². The number of hydrogen-bond donors (Lipinski definition) is 19. The molecule has 31 heteroatoms. The van der Waals surface area contributed by atoms with E-state index in [1.807, 2.05) is 18.2 Å².